The van der Waals surface area contributed by atoms with E-state index in [1.54, 1.807) is 0 Å². The van der Waals surface area contributed by atoms with Gasteiger partial charge in [0.2, 0.25) is 5.91 Å². The largest absolute Gasteiger partial charge is 0.329 e. The molecule has 1 fully saturated rings. The summed E-state index contributed by atoms with van der Waals surface area (Å²) in [7, 11) is 0. The Kier molecular flexibility index (Phi) is 4.65. The van der Waals surface area contributed by atoms with Gasteiger partial charge in [-0.1, -0.05) is 0 Å². The van der Waals surface area contributed by atoms with Crippen LogP contribution < -0.4 is 11.1 Å². The molecule has 0 radical (unpaired) electrons. The van der Waals surface area contributed by atoms with Gasteiger partial charge < -0.3 is 11.1 Å². The van der Waals surface area contributed by atoms with Crippen molar-refractivity contribution in [3.05, 3.63) is 34.4 Å². The number of carbonyl (C=O) groups excluding carboxylic acids is 1. The predicted octanol–water partition coefficient (Wildman–Crippen LogP) is 0.956. The number of nitrogens with one attached hydrogen (secondary N) is 1. The third-order valence-corrected chi connectivity index (χ3v) is 3.48. The van der Waals surface area contributed by atoms with Crippen molar-refractivity contribution in [2.75, 3.05) is 25.0 Å². The molecule has 0 saturated carbocycles. The number of amides is 1. The van der Waals surface area contributed by atoms with Crippen molar-refractivity contribution < 1.29 is 9.72 Å². The Morgan fingerprint density at radius 3 is 2.75 bits per heavy atom. The molecule has 1 amide bonds. The molecule has 7 heteroatoms. The fourth-order valence-electron chi connectivity index (χ4n) is 2.42. The van der Waals surface area contributed by atoms with E-state index < -0.39 is 4.92 Å². The molecule has 0 bridgehead atoms. The van der Waals surface area contributed by atoms with Gasteiger partial charge in [-0.3, -0.25) is 19.8 Å². The second kappa shape index (κ2) is 6.44. The zero-order valence-corrected chi connectivity index (χ0v) is 11.1. The van der Waals surface area contributed by atoms with Crippen LogP contribution >= 0.6 is 0 Å². The minimum Gasteiger partial charge on any atom is -0.329 e. The third-order valence-electron chi connectivity index (χ3n) is 3.48. The molecule has 0 aliphatic carbocycles. The molecule has 108 valence electrons. The van der Waals surface area contributed by atoms with E-state index in [9.17, 15) is 14.9 Å². The van der Waals surface area contributed by atoms with Crippen molar-refractivity contribution in [2.45, 2.75) is 18.9 Å². The number of anilines is 1. The van der Waals surface area contributed by atoms with Crippen molar-refractivity contribution in [3.8, 4) is 0 Å². The van der Waals surface area contributed by atoms with Gasteiger partial charge in [0.05, 0.1) is 11.5 Å². The predicted molar refractivity (Wildman–Crippen MR) is 75.4 cm³/mol. The molecule has 3 N–H and O–H groups in total. The number of nitro groups is 1. The average Bonchev–Trinajstić information content (AvgIpc) is 2.86. The number of hydrogen-bond acceptors (Lipinski definition) is 5. The van der Waals surface area contributed by atoms with E-state index in [4.69, 9.17) is 5.73 Å². The maximum atomic E-state index is 11.9. The topological polar surface area (TPSA) is 102 Å². The molecule has 1 saturated heterocycles. The number of benzene rings is 1. The first-order valence-corrected chi connectivity index (χ1v) is 6.58. The standard InChI is InChI=1S/C13H18N4O3/c14-8-12-2-1-7-16(12)9-13(18)15-10-3-5-11(6-4-10)17(19)20/h3-6,12H,1-2,7-9,14H2,(H,15,18). The smallest absolute Gasteiger partial charge is 0.269 e. The molecular formula is C13H18N4O3. The van der Waals surface area contributed by atoms with E-state index in [0.29, 0.717) is 18.8 Å². The van der Waals surface area contributed by atoms with Crippen LogP contribution in [0.15, 0.2) is 24.3 Å². The molecule has 1 unspecified atom stereocenters. The molecule has 1 heterocycles. The van der Waals surface area contributed by atoms with Crippen molar-refractivity contribution in [1.82, 2.24) is 4.90 Å². The van der Waals surface area contributed by atoms with Gasteiger partial charge in [0.25, 0.3) is 5.69 Å². The van der Waals surface area contributed by atoms with E-state index in [-0.39, 0.29) is 17.6 Å². The van der Waals surface area contributed by atoms with Crippen molar-refractivity contribution in [1.29, 1.82) is 0 Å². The summed E-state index contributed by atoms with van der Waals surface area (Å²) < 4.78 is 0. The zero-order valence-electron chi connectivity index (χ0n) is 11.1. The van der Waals surface area contributed by atoms with Gasteiger partial charge in [-0.2, -0.15) is 0 Å². The van der Waals surface area contributed by atoms with E-state index in [1.807, 2.05) is 0 Å². The maximum Gasteiger partial charge on any atom is 0.269 e. The van der Waals surface area contributed by atoms with Crippen LogP contribution in [0.1, 0.15) is 12.8 Å². The number of non-ortho nitro benzene ring substituents is 1. The van der Waals surface area contributed by atoms with Crippen LogP contribution in [0.4, 0.5) is 11.4 Å². The fourth-order valence-corrected chi connectivity index (χ4v) is 2.42. The van der Waals surface area contributed by atoms with Crippen molar-refractivity contribution in [3.63, 3.8) is 0 Å². The second-order valence-electron chi connectivity index (χ2n) is 4.85. The number of rotatable bonds is 5. The Balaban J connectivity index is 1.89. The lowest BCUT2D eigenvalue weighted by atomic mass is 10.2. The first-order chi connectivity index (χ1) is 9.60. The number of carbonyl (C=O) groups is 1. The molecule has 1 aliphatic heterocycles. The highest BCUT2D eigenvalue weighted by Gasteiger charge is 2.24. The summed E-state index contributed by atoms with van der Waals surface area (Å²) in [5.74, 6) is -0.126. The third kappa shape index (κ3) is 3.52. The highest BCUT2D eigenvalue weighted by atomic mass is 16.6. The number of nitrogens with zero attached hydrogens (tertiary/aromatic N) is 2. The lowest BCUT2D eigenvalue weighted by Crippen LogP contribution is -2.40. The quantitative estimate of drug-likeness (QED) is 0.617. The van der Waals surface area contributed by atoms with E-state index in [0.717, 1.165) is 19.4 Å². The highest BCUT2D eigenvalue weighted by molar-refractivity contribution is 5.92. The van der Waals surface area contributed by atoms with Crippen molar-refractivity contribution >= 4 is 17.3 Å². The summed E-state index contributed by atoms with van der Waals surface area (Å²) in [6, 6.07) is 6.07. The Bertz CT molecular complexity index is 489. The fraction of sp³-hybridized carbons (Fsp3) is 0.462. The maximum absolute atomic E-state index is 11.9. The number of nitrogens with two attached hydrogens (primary N) is 1. The van der Waals surface area contributed by atoms with Gasteiger partial charge in [0, 0.05) is 30.4 Å². The summed E-state index contributed by atoms with van der Waals surface area (Å²) in [6.07, 6.45) is 2.09. The van der Waals surface area contributed by atoms with Gasteiger partial charge in [-0.15, -0.1) is 0 Å². The van der Waals surface area contributed by atoms with Crippen LogP contribution in [0.3, 0.4) is 0 Å². The number of likely N-dealkylation sites (tertiary alicyclic amines) is 1. The average molecular weight is 278 g/mol. The normalized spacial score (nSPS) is 18.9. The number of nitro benzene ring substituents is 1. The Hall–Kier alpha value is -1.99. The van der Waals surface area contributed by atoms with Gasteiger partial charge in [-0.05, 0) is 31.5 Å². The molecule has 7 nitrogen and oxygen atoms in total. The van der Waals surface area contributed by atoms with Crippen LogP contribution in [-0.2, 0) is 4.79 Å². The molecule has 1 aromatic carbocycles. The monoisotopic (exact) mass is 278 g/mol. The van der Waals surface area contributed by atoms with Crippen LogP contribution in [0.5, 0.6) is 0 Å². The van der Waals surface area contributed by atoms with Crippen LogP contribution in [0.25, 0.3) is 0 Å². The second-order valence-corrected chi connectivity index (χ2v) is 4.85. The van der Waals surface area contributed by atoms with Crippen LogP contribution in [-0.4, -0.2) is 41.4 Å². The van der Waals surface area contributed by atoms with Gasteiger partial charge in [-0.25, -0.2) is 0 Å². The highest BCUT2D eigenvalue weighted by Crippen LogP contribution is 2.17. The lowest BCUT2D eigenvalue weighted by molar-refractivity contribution is -0.384. The molecule has 20 heavy (non-hydrogen) atoms. The summed E-state index contributed by atoms with van der Waals surface area (Å²) in [4.78, 5) is 24.1. The summed E-state index contributed by atoms with van der Waals surface area (Å²) in [5.41, 5.74) is 6.22. The molecule has 1 aliphatic rings. The minimum atomic E-state index is -0.471. The molecule has 0 aromatic heterocycles. The molecular weight excluding hydrogens is 260 g/mol. The molecule has 1 aromatic rings. The summed E-state index contributed by atoms with van der Waals surface area (Å²) >= 11 is 0. The van der Waals surface area contributed by atoms with Crippen molar-refractivity contribution in [2.24, 2.45) is 5.73 Å². The Morgan fingerprint density at radius 1 is 1.45 bits per heavy atom. The number of hydrogen-bond donors (Lipinski definition) is 2. The van der Waals surface area contributed by atoms with Gasteiger partial charge in [0.1, 0.15) is 0 Å². The lowest BCUT2D eigenvalue weighted by Gasteiger charge is -2.22. The molecule has 1 atom stereocenters. The van der Waals surface area contributed by atoms with E-state index >= 15 is 0 Å². The van der Waals surface area contributed by atoms with E-state index in [1.165, 1.54) is 24.3 Å². The molecule has 0 spiro atoms. The summed E-state index contributed by atoms with van der Waals surface area (Å²) in [6.45, 7) is 1.75. The van der Waals surface area contributed by atoms with Gasteiger partial charge in [0.15, 0.2) is 0 Å². The van der Waals surface area contributed by atoms with Crippen LogP contribution in [0, 0.1) is 10.1 Å². The molecule has 2 rings (SSSR count). The van der Waals surface area contributed by atoms with Crippen LogP contribution in [0.2, 0.25) is 0 Å². The van der Waals surface area contributed by atoms with E-state index in [2.05, 4.69) is 10.2 Å². The SMILES string of the molecule is NCC1CCCN1CC(=O)Nc1ccc([N+](=O)[O-])cc1. The minimum absolute atomic E-state index is 0.00531. The summed E-state index contributed by atoms with van der Waals surface area (Å²) in [5, 5.41) is 13.3. The first-order valence-electron chi connectivity index (χ1n) is 6.58. The van der Waals surface area contributed by atoms with Gasteiger partial charge >= 0.3 is 0 Å². The zero-order chi connectivity index (χ0) is 14.5. The first kappa shape index (κ1) is 14.4. The Labute approximate surface area is 116 Å². The Morgan fingerprint density at radius 2 is 2.15 bits per heavy atom.